The Balaban J connectivity index is 1.93. The first-order valence-electron chi connectivity index (χ1n) is 5.67. The van der Waals surface area contributed by atoms with Gasteiger partial charge in [-0.1, -0.05) is 12.1 Å². The predicted molar refractivity (Wildman–Crippen MR) is 67.2 cm³/mol. The van der Waals surface area contributed by atoms with Gasteiger partial charge in [-0.25, -0.2) is 4.98 Å². The molecule has 1 aliphatic heterocycles. The molecule has 3 rings (SSSR count). The van der Waals surface area contributed by atoms with E-state index in [1.165, 1.54) is 0 Å². The van der Waals surface area contributed by atoms with Gasteiger partial charge in [0.1, 0.15) is 0 Å². The highest BCUT2D eigenvalue weighted by Crippen LogP contribution is 2.22. The van der Waals surface area contributed by atoms with Gasteiger partial charge in [0.05, 0.1) is 16.4 Å². The topological polar surface area (TPSA) is 31.9 Å². The number of nitrogens with zero attached hydrogens (tertiary/aromatic N) is 2. The first-order chi connectivity index (χ1) is 7.83. The van der Waals surface area contributed by atoms with Gasteiger partial charge in [0.15, 0.2) is 0 Å². The van der Waals surface area contributed by atoms with E-state index < -0.39 is 0 Å². The molecule has 1 unspecified atom stereocenters. The normalized spacial score (nSPS) is 21.6. The molecule has 0 amide bonds. The van der Waals surface area contributed by atoms with E-state index in [0.29, 0.717) is 0 Å². The van der Waals surface area contributed by atoms with Crippen molar-refractivity contribution in [1.29, 1.82) is 0 Å². The van der Waals surface area contributed by atoms with E-state index in [4.69, 9.17) is 11.6 Å². The van der Waals surface area contributed by atoms with E-state index in [2.05, 4.69) is 14.9 Å². The summed E-state index contributed by atoms with van der Waals surface area (Å²) in [5, 5.41) is 0.252. The van der Waals surface area contributed by atoms with Crippen LogP contribution in [0.25, 0.3) is 11.0 Å². The van der Waals surface area contributed by atoms with Crippen molar-refractivity contribution in [3.63, 3.8) is 0 Å². The number of rotatable bonds is 1. The van der Waals surface area contributed by atoms with E-state index in [1.807, 2.05) is 24.3 Å². The van der Waals surface area contributed by atoms with Crippen LogP contribution in [-0.4, -0.2) is 28.4 Å². The molecule has 0 radical (unpaired) electrons. The summed E-state index contributed by atoms with van der Waals surface area (Å²) in [6, 6.07) is 8.10. The van der Waals surface area contributed by atoms with Crippen molar-refractivity contribution in [3.05, 3.63) is 24.3 Å². The van der Waals surface area contributed by atoms with Crippen molar-refractivity contribution < 1.29 is 0 Å². The Labute approximate surface area is 99.4 Å². The highest BCUT2D eigenvalue weighted by molar-refractivity contribution is 6.21. The van der Waals surface area contributed by atoms with E-state index in [-0.39, 0.29) is 5.38 Å². The fraction of sp³-hybridized carbons (Fsp3) is 0.417. The second-order valence-corrected chi connectivity index (χ2v) is 4.88. The minimum atomic E-state index is 0.252. The summed E-state index contributed by atoms with van der Waals surface area (Å²) >= 11 is 6.18. The molecule has 2 heterocycles. The predicted octanol–water partition coefficient (Wildman–Crippen LogP) is 2.77. The van der Waals surface area contributed by atoms with Crippen molar-refractivity contribution in [3.8, 4) is 0 Å². The lowest BCUT2D eigenvalue weighted by molar-refractivity contribution is 0.577. The minimum Gasteiger partial charge on any atom is -0.341 e. The Kier molecular flexibility index (Phi) is 2.48. The molecule has 1 saturated heterocycles. The van der Waals surface area contributed by atoms with Gasteiger partial charge in [-0.3, -0.25) is 0 Å². The van der Waals surface area contributed by atoms with Crippen LogP contribution in [0.3, 0.4) is 0 Å². The zero-order valence-corrected chi connectivity index (χ0v) is 9.74. The molecule has 2 aromatic rings. The van der Waals surface area contributed by atoms with Gasteiger partial charge in [-0.05, 0) is 25.0 Å². The van der Waals surface area contributed by atoms with Gasteiger partial charge in [0.25, 0.3) is 0 Å². The van der Waals surface area contributed by atoms with Gasteiger partial charge >= 0.3 is 0 Å². The lowest BCUT2D eigenvalue weighted by atomic mass is 10.1. The van der Waals surface area contributed by atoms with Crippen LogP contribution in [0.5, 0.6) is 0 Å². The van der Waals surface area contributed by atoms with Crippen LogP contribution in [0.1, 0.15) is 12.8 Å². The number of fused-ring (bicyclic) bond motifs is 1. The molecule has 16 heavy (non-hydrogen) atoms. The SMILES string of the molecule is ClC1CCCN(c2nc3ccccc3[nH]2)C1. The smallest absolute Gasteiger partial charge is 0.203 e. The molecule has 1 aromatic heterocycles. The molecule has 0 aliphatic carbocycles. The standard InChI is InChI=1S/C12H14ClN3/c13-9-4-3-7-16(8-9)12-14-10-5-1-2-6-11(10)15-12/h1-2,5-6,9H,3-4,7-8H2,(H,14,15). The molecule has 1 N–H and O–H groups in total. The van der Waals surface area contributed by atoms with Crippen molar-refractivity contribution >= 4 is 28.6 Å². The zero-order valence-electron chi connectivity index (χ0n) is 8.99. The van der Waals surface area contributed by atoms with E-state index in [9.17, 15) is 0 Å². The first kappa shape index (κ1) is 9.97. The fourth-order valence-electron chi connectivity index (χ4n) is 2.21. The third-order valence-electron chi connectivity index (χ3n) is 3.04. The summed E-state index contributed by atoms with van der Waals surface area (Å²) in [6.45, 7) is 1.93. The summed E-state index contributed by atoms with van der Waals surface area (Å²) in [4.78, 5) is 10.2. The Morgan fingerprint density at radius 2 is 2.25 bits per heavy atom. The summed E-state index contributed by atoms with van der Waals surface area (Å²) in [5.74, 6) is 0.951. The van der Waals surface area contributed by atoms with Crippen molar-refractivity contribution in [2.24, 2.45) is 0 Å². The minimum absolute atomic E-state index is 0.252. The lowest BCUT2D eigenvalue weighted by Gasteiger charge is -2.29. The largest absolute Gasteiger partial charge is 0.341 e. The molecule has 0 saturated carbocycles. The number of aromatic nitrogens is 2. The molecule has 1 aliphatic rings. The molecule has 84 valence electrons. The number of H-pyrrole nitrogens is 1. The number of imidazole rings is 1. The molecule has 0 bridgehead atoms. The third kappa shape index (κ3) is 1.76. The summed E-state index contributed by atoms with van der Waals surface area (Å²) < 4.78 is 0. The maximum absolute atomic E-state index is 6.18. The number of hydrogen-bond acceptors (Lipinski definition) is 2. The average Bonchev–Trinajstić information content (AvgIpc) is 2.72. The van der Waals surface area contributed by atoms with Crippen LogP contribution in [0, 0.1) is 0 Å². The molecular formula is C12H14ClN3. The van der Waals surface area contributed by atoms with Crippen LogP contribution in [-0.2, 0) is 0 Å². The lowest BCUT2D eigenvalue weighted by Crippen LogP contribution is -2.36. The molecule has 1 fully saturated rings. The number of hydrogen-bond donors (Lipinski definition) is 1. The number of benzene rings is 1. The van der Waals surface area contributed by atoms with Crippen molar-refractivity contribution in [2.75, 3.05) is 18.0 Å². The maximum Gasteiger partial charge on any atom is 0.203 e. The van der Waals surface area contributed by atoms with Gasteiger partial charge in [0, 0.05) is 13.1 Å². The number of piperidine rings is 1. The highest BCUT2D eigenvalue weighted by atomic mass is 35.5. The van der Waals surface area contributed by atoms with Crippen LogP contribution in [0.15, 0.2) is 24.3 Å². The van der Waals surface area contributed by atoms with E-state index >= 15 is 0 Å². The van der Waals surface area contributed by atoms with Gasteiger partial charge in [-0.15, -0.1) is 11.6 Å². The number of halogens is 1. The number of aromatic amines is 1. The van der Waals surface area contributed by atoms with Gasteiger partial charge in [0.2, 0.25) is 5.95 Å². The number of anilines is 1. The number of alkyl halides is 1. The van der Waals surface area contributed by atoms with Gasteiger partial charge in [-0.2, -0.15) is 0 Å². The fourth-order valence-corrected chi connectivity index (χ4v) is 2.53. The Morgan fingerprint density at radius 3 is 3.06 bits per heavy atom. The second kappa shape index (κ2) is 3.98. The second-order valence-electron chi connectivity index (χ2n) is 4.26. The van der Waals surface area contributed by atoms with Crippen molar-refractivity contribution in [2.45, 2.75) is 18.2 Å². The summed E-state index contributed by atoms with van der Waals surface area (Å²) in [7, 11) is 0. The van der Waals surface area contributed by atoms with Crippen LogP contribution in [0.2, 0.25) is 0 Å². The molecule has 1 atom stereocenters. The average molecular weight is 236 g/mol. The quantitative estimate of drug-likeness (QED) is 0.771. The zero-order chi connectivity index (χ0) is 11.0. The molecule has 0 spiro atoms. The summed E-state index contributed by atoms with van der Waals surface area (Å²) in [6.07, 6.45) is 2.25. The summed E-state index contributed by atoms with van der Waals surface area (Å²) in [5.41, 5.74) is 2.11. The van der Waals surface area contributed by atoms with Gasteiger partial charge < -0.3 is 9.88 Å². The van der Waals surface area contributed by atoms with Crippen molar-refractivity contribution in [1.82, 2.24) is 9.97 Å². The maximum atomic E-state index is 6.18. The molecule has 4 heteroatoms. The van der Waals surface area contributed by atoms with Crippen LogP contribution in [0.4, 0.5) is 5.95 Å². The molecular weight excluding hydrogens is 222 g/mol. The van der Waals surface area contributed by atoms with E-state index in [0.717, 1.165) is 42.9 Å². The highest BCUT2D eigenvalue weighted by Gasteiger charge is 2.20. The number of para-hydroxylation sites is 2. The molecule has 3 nitrogen and oxygen atoms in total. The Bertz CT molecular complexity index is 461. The third-order valence-corrected chi connectivity index (χ3v) is 3.40. The molecule has 1 aromatic carbocycles. The Hall–Kier alpha value is -1.22. The number of nitrogens with one attached hydrogen (secondary N) is 1. The monoisotopic (exact) mass is 235 g/mol. The van der Waals surface area contributed by atoms with Crippen LogP contribution < -0.4 is 4.90 Å². The first-order valence-corrected chi connectivity index (χ1v) is 6.10. The van der Waals surface area contributed by atoms with E-state index in [1.54, 1.807) is 0 Å². The van der Waals surface area contributed by atoms with Crippen LogP contribution >= 0.6 is 11.6 Å². The Morgan fingerprint density at radius 1 is 1.38 bits per heavy atom.